The summed E-state index contributed by atoms with van der Waals surface area (Å²) in [7, 11) is 1.72. The van der Waals surface area contributed by atoms with Gasteiger partial charge in [0.15, 0.2) is 0 Å². The van der Waals surface area contributed by atoms with E-state index < -0.39 is 0 Å². The van der Waals surface area contributed by atoms with Gasteiger partial charge in [0.25, 0.3) is 0 Å². The van der Waals surface area contributed by atoms with Crippen LogP contribution in [0.1, 0.15) is 52.0 Å². The van der Waals surface area contributed by atoms with Gasteiger partial charge < -0.3 is 10.5 Å². The molecule has 1 aliphatic carbocycles. The summed E-state index contributed by atoms with van der Waals surface area (Å²) >= 11 is 0. The molecular formula is C19H31NO. The maximum absolute atomic E-state index is 6.49. The molecule has 21 heavy (non-hydrogen) atoms. The maximum Gasteiger partial charge on any atom is 0.119 e. The molecule has 1 aromatic rings. The van der Waals surface area contributed by atoms with Gasteiger partial charge in [0, 0.05) is 6.04 Å². The van der Waals surface area contributed by atoms with E-state index >= 15 is 0 Å². The van der Waals surface area contributed by atoms with E-state index in [4.69, 9.17) is 10.5 Å². The van der Waals surface area contributed by atoms with E-state index in [1.807, 2.05) is 6.07 Å². The summed E-state index contributed by atoms with van der Waals surface area (Å²) in [5.74, 6) is 2.46. The van der Waals surface area contributed by atoms with Crippen LogP contribution in [0.3, 0.4) is 0 Å². The number of methoxy groups -OCH3 is 1. The molecule has 0 bridgehead atoms. The van der Waals surface area contributed by atoms with Crippen LogP contribution in [0.2, 0.25) is 0 Å². The van der Waals surface area contributed by atoms with E-state index in [9.17, 15) is 0 Å². The first-order valence-corrected chi connectivity index (χ1v) is 8.28. The molecule has 2 heteroatoms. The van der Waals surface area contributed by atoms with Crippen molar-refractivity contribution in [2.24, 2.45) is 23.0 Å². The third-order valence-corrected chi connectivity index (χ3v) is 5.21. The molecule has 2 N–H and O–H groups in total. The van der Waals surface area contributed by atoms with Crippen LogP contribution in [0.5, 0.6) is 5.75 Å². The lowest BCUT2D eigenvalue weighted by Crippen LogP contribution is -2.36. The van der Waals surface area contributed by atoms with Gasteiger partial charge >= 0.3 is 0 Å². The van der Waals surface area contributed by atoms with Crippen LogP contribution in [0.15, 0.2) is 24.3 Å². The Bertz CT molecular complexity index is 441. The lowest BCUT2D eigenvalue weighted by molar-refractivity contribution is 0.139. The zero-order valence-corrected chi connectivity index (χ0v) is 14.1. The highest BCUT2D eigenvalue weighted by molar-refractivity contribution is 5.29. The average molecular weight is 289 g/mol. The van der Waals surface area contributed by atoms with Crippen LogP contribution in [-0.4, -0.2) is 13.2 Å². The first kappa shape index (κ1) is 16.4. The Morgan fingerprint density at radius 2 is 1.86 bits per heavy atom. The van der Waals surface area contributed by atoms with Crippen molar-refractivity contribution in [3.8, 4) is 5.75 Å². The minimum absolute atomic E-state index is 0.276. The van der Waals surface area contributed by atoms with Crippen LogP contribution in [-0.2, 0) is 6.42 Å². The van der Waals surface area contributed by atoms with Crippen molar-refractivity contribution in [2.75, 3.05) is 7.11 Å². The van der Waals surface area contributed by atoms with Crippen molar-refractivity contribution in [3.05, 3.63) is 29.8 Å². The lowest BCUT2D eigenvalue weighted by Gasteiger charge is -2.38. The molecule has 0 spiro atoms. The Morgan fingerprint density at radius 3 is 2.43 bits per heavy atom. The fraction of sp³-hybridized carbons (Fsp3) is 0.684. The van der Waals surface area contributed by atoms with Gasteiger partial charge in [-0.2, -0.15) is 0 Å². The van der Waals surface area contributed by atoms with Crippen LogP contribution in [0.25, 0.3) is 0 Å². The van der Waals surface area contributed by atoms with Crippen molar-refractivity contribution in [3.63, 3.8) is 0 Å². The Kier molecular flexibility index (Phi) is 5.32. The largest absolute Gasteiger partial charge is 0.497 e. The molecule has 0 amide bonds. The summed E-state index contributed by atoms with van der Waals surface area (Å²) in [5.41, 5.74) is 8.22. The van der Waals surface area contributed by atoms with Crippen molar-refractivity contribution >= 4 is 0 Å². The van der Waals surface area contributed by atoms with Crippen LogP contribution in [0.4, 0.5) is 0 Å². The van der Waals surface area contributed by atoms with Crippen molar-refractivity contribution in [1.82, 2.24) is 0 Å². The summed E-state index contributed by atoms with van der Waals surface area (Å²) in [6, 6.07) is 8.59. The minimum Gasteiger partial charge on any atom is -0.497 e. The second-order valence-corrected chi connectivity index (χ2v) is 7.70. The molecule has 1 fully saturated rings. The number of nitrogens with two attached hydrogens (primary N) is 1. The van der Waals surface area contributed by atoms with Crippen LogP contribution in [0, 0.1) is 17.3 Å². The molecule has 1 aliphatic rings. The molecule has 0 saturated heterocycles. The van der Waals surface area contributed by atoms with Gasteiger partial charge in [-0.3, -0.25) is 0 Å². The number of ether oxygens (including phenoxy) is 1. The van der Waals surface area contributed by atoms with Gasteiger partial charge in [0.05, 0.1) is 7.11 Å². The van der Waals surface area contributed by atoms with Gasteiger partial charge in [-0.15, -0.1) is 0 Å². The molecule has 1 atom stereocenters. The van der Waals surface area contributed by atoms with E-state index in [1.165, 1.54) is 31.2 Å². The third-order valence-electron chi connectivity index (χ3n) is 5.21. The molecule has 2 rings (SSSR count). The quantitative estimate of drug-likeness (QED) is 0.890. The van der Waals surface area contributed by atoms with E-state index in [0.717, 1.165) is 18.1 Å². The smallest absolute Gasteiger partial charge is 0.119 e. The van der Waals surface area contributed by atoms with Gasteiger partial charge in [-0.1, -0.05) is 32.9 Å². The van der Waals surface area contributed by atoms with Crippen molar-refractivity contribution in [1.29, 1.82) is 0 Å². The number of benzene rings is 1. The minimum atomic E-state index is 0.276. The summed E-state index contributed by atoms with van der Waals surface area (Å²) in [6.45, 7) is 7.11. The molecule has 118 valence electrons. The Hall–Kier alpha value is -1.02. The number of hydrogen-bond acceptors (Lipinski definition) is 2. The number of rotatable bonds is 4. The monoisotopic (exact) mass is 289 g/mol. The van der Waals surface area contributed by atoms with Gasteiger partial charge in [-0.25, -0.2) is 0 Å². The van der Waals surface area contributed by atoms with Crippen LogP contribution < -0.4 is 10.5 Å². The first-order valence-electron chi connectivity index (χ1n) is 8.28. The van der Waals surface area contributed by atoms with E-state index in [-0.39, 0.29) is 6.04 Å². The fourth-order valence-corrected chi connectivity index (χ4v) is 3.65. The summed E-state index contributed by atoms with van der Waals surface area (Å²) in [6.07, 6.45) is 6.20. The highest BCUT2D eigenvalue weighted by Crippen LogP contribution is 2.40. The molecule has 1 aromatic carbocycles. The molecule has 0 aliphatic heterocycles. The van der Waals surface area contributed by atoms with Gasteiger partial charge in [0.1, 0.15) is 5.75 Å². The van der Waals surface area contributed by atoms with E-state index in [0.29, 0.717) is 11.3 Å². The van der Waals surface area contributed by atoms with Crippen LogP contribution >= 0.6 is 0 Å². The third kappa shape index (κ3) is 4.47. The predicted octanol–water partition coefficient (Wildman–Crippen LogP) is 4.42. The maximum atomic E-state index is 6.49. The Morgan fingerprint density at radius 1 is 1.19 bits per heavy atom. The molecule has 0 aromatic heterocycles. The second-order valence-electron chi connectivity index (χ2n) is 7.70. The topological polar surface area (TPSA) is 35.2 Å². The summed E-state index contributed by atoms with van der Waals surface area (Å²) < 4.78 is 5.29. The SMILES string of the molecule is COc1cccc(CC(N)C2CCC(C(C)(C)C)CC2)c1. The van der Waals surface area contributed by atoms with Gasteiger partial charge in [-0.05, 0) is 67.1 Å². The predicted molar refractivity (Wildman–Crippen MR) is 89.6 cm³/mol. The molecule has 0 heterocycles. The van der Waals surface area contributed by atoms with E-state index in [2.05, 4.69) is 39.0 Å². The zero-order chi connectivity index (χ0) is 15.5. The average Bonchev–Trinajstić information content (AvgIpc) is 2.46. The van der Waals surface area contributed by atoms with Crippen molar-refractivity contribution < 1.29 is 4.74 Å². The molecule has 2 nitrogen and oxygen atoms in total. The van der Waals surface area contributed by atoms with Crippen molar-refractivity contribution in [2.45, 2.75) is 58.9 Å². The first-order chi connectivity index (χ1) is 9.90. The summed E-state index contributed by atoms with van der Waals surface area (Å²) in [4.78, 5) is 0. The standard InChI is InChI=1S/C19H31NO/c1-19(2,3)16-10-8-15(9-11-16)18(20)13-14-6-5-7-17(12-14)21-4/h5-7,12,15-16,18H,8-11,13,20H2,1-4H3. The Labute approximate surface area is 130 Å². The zero-order valence-electron chi connectivity index (χ0n) is 14.1. The Balaban J connectivity index is 1.88. The number of hydrogen-bond donors (Lipinski definition) is 1. The molecule has 1 unspecified atom stereocenters. The lowest BCUT2D eigenvalue weighted by atomic mass is 9.68. The van der Waals surface area contributed by atoms with Gasteiger partial charge in [0.2, 0.25) is 0 Å². The second kappa shape index (κ2) is 6.83. The molecular weight excluding hydrogens is 258 g/mol. The summed E-state index contributed by atoms with van der Waals surface area (Å²) in [5, 5.41) is 0. The molecule has 1 saturated carbocycles. The molecule has 0 radical (unpaired) electrons. The highest BCUT2D eigenvalue weighted by atomic mass is 16.5. The highest BCUT2D eigenvalue weighted by Gasteiger charge is 2.31. The fourth-order valence-electron chi connectivity index (χ4n) is 3.65. The normalized spacial score (nSPS) is 24.6. The van der Waals surface area contributed by atoms with E-state index in [1.54, 1.807) is 7.11 Å².